The summed E-state index contributed by atoms with van der Waals surface area (Å²) in [7, 11) is 2.14. The third-order valence-electron chi connectivity index (χ3n) is 4.31. The smallest absolute Gasteiger partial charge is 0.227 e. The highest BCUT2D eigenvalue weighted by molar-refractivity contribution is 5.79. The van der Waals surface area contributed by atoms with Crippen molar-refractivity contribution in [3.05, 3.63) is 35.4 Å². The first-order chi connectivity index (χ1) is 10.1. The lowest BCUT2D eigenvalue weighted by molar-refractivity contribution is -0.132. The van der Waals surface area contributed by atoms with E-state index in [9.17, 15) is 4.79 Å². The molecule has 21 heavy (non-hydrogen) atoms. The number of carbonyl (C=O) groups is 1. The number of nitrogens with zero attached hydrogens (tertiary/aromatic N) is 2. The van der Waals surface area contributed by atoms with Gasteiger partial charge in [-0.2, -0.15) is 0 Å². The summed E-state index contributed by atoms with van der Waals surface area (Å²) in [5.74, 6) is 0.248. The average molecular weight is 289 g/mol. The highest BCUT2D eigenvalue weighted by Crippen LogP contribution is 2.14. The van der Waals surface area contributed by atoms with E-state index in [-0.39, 0.29) is 5.91 Å². The lowest BCUT2D eigenvalue weighted by Gasteiger charge is -2.30. The number of amides is 1. The van der Waals surface area contributed by atoms with Crippen LogP contribution in [0.3, 0.4) is 0 Å². The molecule has 2 N–H and O–H groups in total. The summed E-state index contributed by atoms with van der Waals surface area (Å²) in [6, 6.07) is 8.40. The molecule has 0 aromatic heterocycles. The van der Waals surface area contributed by atoms with E-state index in [0.717, 1.165) is 43.6 Å². The van der Waals surface area contributed by atoms with Crippen LogP contribution in [0, 0.1) is 0 Å². The molecular weight excluding hydrogens is 262 g/mol. The van der Waals surface area contributed by atoms with Crippen molar-refractivity contribution in [3.8, 4) is 0 Å². The van der Waals surface area contributed by atoms with Gasteiger partial charge in [0.15, 0.2) is 0 Å². The Balaban J connectivity index is 2.02. The molecule has 0 saturated carbocycles. The number of hydrogen-bond donors (Lipinski definition) is 1. The molecule has 116 valence electrons. The van der Waals surface area contributed by atoms with Gasteiger partial charge in [-0.3, -0.25) is 4.79 Å². The van der Waals surface area contributed by atoms with Crippen LogP contribution in [0.2, 0.25) is 0 Å². The molecule has 0 aliphatic carbocycles. The van der Waals surface area contributed by atoms with Crippen LogP contribution in [0.25, 0.3) is 0 Å². The largest absolute Gasteiger partial charge is 0.338 e. The topological polar surface area (TPSA) is 49.6 Å². The van der Waals surface area contributed by atoms with Gasteiger partial charge in [0.2, 0.25) is 5.91 Å². The van der Waals surface area contributed by atoms with Crippen LogP contribution in [-0.4, -0.2) is 48.4 Å². The van der Waals surface area contributed by atoms with Crippen molar-refractivity contribution in [2.24, 2.45) is 5.73 Å². The maximum absolute atomic E-state index is 12.6. The molecule has 0 bridgehead atoms. The predicted octanol–water partition coefficient (Wildman–Crippen LogP) is 1.63. The molecule has 1 atom stereocenters. The van der Waals surface area contributed by atoms with E-state index in [1.807, 2.05) is 24.3 Å². The van der Waals surface area contributed by atoms with E-state index in [1.54, 1.807) is 0 Å². The number of nitrogens with two attached hydrogens (primary N) is 1. The van der Waals surface area contributed by atoms with Crippen molar-refractivity contribution in [1.82, 2.24) is 9.80 Å². The van der Waals surface area contributed by atoms with Gasteiger partial charge in [0.05, 0.1) is 6.42 Å². The average Bonchev–Trinajstić information content (AvgIpc) is 2.69. The Hall–Kier alpha value is -1.39. The van der Waals surface area contributed by atoms with Crippen molar-refractivity contribution in [3.63, 3.8) is 0 Å². The van der Waals surface area contributed by atoms with Gasteiger partial charge < -0.3 is 15.5 Å². The first-order valence-electron chi connectivity index (χ1n) is 7.90. The quantitative estimate of drug-likeness (QED) is 0.916. The fourth-order valence-electron chi connectivity index (χ4n) is 2.99. The molecule has 1 aliphatic rings. The molecule has 1 aliphatic heterocycles. The molecule has 2 rings (SSSR count). The van der Waals surface area contributed by atoms with Crippen molar-refractivity contribution >= 4 is 5.91 Å². The molecule has 1 heterocycles. The van der Waals surface area contributed by atoms with Gasteiger partial charge in [0.25, 0.3) is 0 Å². The molecule has 1 fully saturated rings. The Kier molecular flexibility index (Phi) is 5.76. The fourth-order valence-corrected chi connectivity index (χ4v) is 2.99. The Morgan fingerprint density at radius 3 is 2.52 bits per heavy atom. The first-order valence-corrected chi connectivity index (χ1v) is 7.90. The predicted molar refractivity (Wildman–Crippen MR) is 85.9 cm³/mol. The van der Waals surface area contributed by atoms with E-state index < -0.39 is 0 Å². The highest BCUT2D eigenvalue weighted by atomic mass is 16.2. The standard InChI is InChI=1S/C17H27N3O/c1-3-16-13-19(2)9-4-10-20(16)17(21)11-14-5-7-15(12-18)8-6-14/h5-8,16H,3-4,9-13,18H2,1-2H3. The summed E-state index contributed by atoms with van der Waals surface area (Å²) in [6.07, 6.45) is 2.57. The minimum absolute atomic E-state index is 0.248. The zero-order valence-electron chi connectivity index (χ0n) is 13.2. The molecule has 4 heteroatoms. The van der Waals surface area contributed by atoms with Crippen molar-refractivity contribution in [1.29, 1.82) is 0 Å². The second-order valence-corrected chi connectivity index (χ2v) is 5.96. The zero-order chi connectivity index (χ0) is 15.2. The van der Waals surface area contributed by atoms with Crippen LogP contribution in [-0.2, 0) is 17.8 Å². The molecule has 0 spiro atoms. The fraction of sp³-hybridized carbons (Fsp3) is 0.588. The summed E-state index contributed by atoms with van der Waals surface area (Å²) in [5, 5.41) is 0. The monoisotopic (exact) mass is 289 g/mol. The SMILES string of the molecule is CCC1CN(C)CCCN1C(=O)Cc1ccc(CN)cc1. The van der Waals surface area contributed by atoms with Crippen LogP contribution in [0.4, 0.5) is 0 Å². The second kappa shape index (κ2) is 7.57. The summed E-state index contributed by atoms with van der Waals surface area (Å²) >= 11 is 0. The minimum Gasteiger partial charge on any atom is -0.338 e. The first kappa shape index (κ1) is 16.0. The van der Waals surface area contributed by atoms with Crippen LogP contribution >= 0.6 is 0 Å². The van der Waals surface area contributed by atoms with E-state index in [2.05, 4.69) is 23.8 Å². The van der Waals surface area contributed by atoms with Crippen molar-refractivity contribution in [2.75, 3.05) is 26.7 Å². The highest BCUT2D eigenvalue weighted by Gasteiger charge is 2.25. The Labute approximate surface area is 127 Å². The number of rotatable bonds is 4. The van der Waals surface area contributed by atoms with E-state index in [1.165, 1.54) is 0 Å². The summed E-state index contributed by atoms with van der Waals surface area (Å²) in [6.45, 7) is 5.65. The molecule has 1 amide bonds. The zero-order valence-corrected chi connectivity index (χ0v) is 13.2. The lowest BCUT2D eigenvalue weighted by atomic mass is 10.1. The molecular formula is C17H27N3O. The Bertz CT molecular complexity index is 458. The Morgan fingerprint density at radius 2 is 1.90 bits per heavy atom. The van der Waals surface area contributed by atoms with E-state index in [0.29, 0.717) is 19.0 Å². The van der Waals surface area contributed by atoms with Gasteiger partial charge >= 0.3 is 0 Å². The minimum atomic E-state index is 0.248. The van der Waals surface area contributed by atoms with Gasteiger partial charge in [-0.15, -0.1) is 0 Å². The van der Waals surface area contributed by atoms with Gasteiger partial charge in [0.1, 0.15) is 0 Å². The normalized spacial score (nSPS) is 20.3. The number of carbonyl (C=O) groups excluding carboxylic acids is 1. The summed E-state index contributed by atoms with van der Waals surface area (Å²) in [4.78, 5) is 17.0. The van der Waals surface area contributed by atoms with Crippen molar-refractivity contribution < 1.29 is 4.79 Å². The van der Waals surface area contributed by atoms with Gasteiger partial charge in [-0.25, -0.2) is 0 Å². The Morgan fingerprint density at radius 1 is 1.24 bits per heavy atom. The molecule has 1 aromatic rings. The molecule has 0 radical (unpaired) electrons. The van der Waals surface area contributed by atoms with Crippen LogP contribution in [0.15, 0.2) is 24.3 Å². The number of hydrogen-bond acceptors (Lipinski definition) is 3. The molecule has 1 aromatic carbocycles. The lowest BCUT2D eigenvalue weighted by Crippen LogP contribution is -2.44. The molecule has 1 unspecified atom stereocenters. The molecule has 1 saturated heterocycles. The van der Waals surface area contributed by atoms with Crippen LogP contribution in [0.1, 0.15) is 30.9 Å². The summed E-state index contributed by atoms with van der Waals surface area (Å²) < 4.78 is 0. The van der Waals surface area contributed by atoms with E-state index >= 15 is 0 Å². The third kappa shape index (κ3) is 4.29. The van der Waals surface area contributed by atoms with Crippen LogP contribution < -0.4 is 5.73 Å². The van der Waals surface area contributed by atoms with E-state index in [4.69, 9.17) is 5.73 Å². The van der Waals surface area contributed by atoms with Crippen LogP contribution in [0.5, 0.6) is 0 Å². The second-order valence-electron chi connectivity index (χ2n) is 5.96. The van der Waals surface area contributed by atoms with Gasteiger partial charge in [-0.1, -0.05) is 31.2 Å². The third-order valence-corrected chi connectivity index (χ3v) is 4.31. The maximum atomic E-state index is 12.6. The molecule has 4 nitrogen and oxygen atoms in total. The summed E-state index contributed by atoms with van der Waals surface area (Å²) in [5.41, 5.74) is 7.78. The van der Waals surface area contributed by atoms with Gasteiger partial charge in [-0.05, 0) is 37.6 Å². The maximum Gasteiger partial charge on any atom is 0.227 e. The van der Waals surface area contributed by atoms with Crippen molar-refractivity contribution in [2.45, 2.75) is 38.8 Å². The number of benzene rings is 1. The number of likely N-dealkylation sites (N-methyl/N-ethyl adjacent to an activating group) is 1. The van der Waals surface area contributed by atoms with Gasteiger partial charge in [0, 0.05) is 25.7 Å².